The predicted octanol–water partition coefficient (Wildman–Crippen LogP) is 0.916. The van der Waals surface area contributed by atoms with Crippen LogP contribution in [0.15, 0.2) is 0 Å². The predicted molar refractivity (Wildman–Crippen MR) is 55.5 cm³/mol. The summed E-state index contributed by atoms with van der Waals surface area (Å²) < 4.78 is 0. The van der Waals surface area contributed by atoms with Gasteiger partial charge in [0.15, 0.2) is 0 Å². The van der Waals surface area contributed by atoms with Crippen molar-refractivity contribution >= 4 is 19.7 Å². The fourth-order valence-corrected chi connectivity index (χ4v) is 0.0861. The Morgan fingerprint density at radius 3 is 1.46 bits per heavy atom. The van der Waals surface area contributed by atoms with Crippen LogP contribution in [-0.2, 0) is 9.59 Å². The van der Waals surface area contributed by atoms with E-state index in [9.17, 15) is 9.59 Å². The number of carbonyl (C=O) groups excluding carboxylic acids is 2. The van der Waals surface area contributed by atoms with E-state index in [2.05, 4.69) is 0 Å². The summed E-state index contributed by atoms with van der Waals surface area (Å²) in [5, 5.41) is 15.8. The normalized spacial score (nSPS) is 5.92. The average Bonchev–Trinajstić information content (AvgIpc) is 2.08. The van der Waals surface area contributed by atoms with Crippen LogP contribution >= 0.6 is 0 Å². The van der Waals surface area contributed by atoms with Gasteiger partial charge in [-0.3, -0.25) is 0 Å². The largest absolute Gasteiger partial charge is 0.458 e. The Morgan fingerprint density at radius 2 is 1.46 bits per heavy atom. The molecule has 0 rings (SSSR count). The third-order valence-electron chi connectivity index (χ3n) is 0.474. The van der Waals surface area contributed by atoms with Crippen LogP contribution in [0.2, 0.25) is 6.32 Å². The summed E-state index contributed by atoms with van der Waals surface area (Å²) in [6, 6.07) is 0. The fourth-order valence-electron chi connectivity index (χ4n) is 0.0861. The molecule has 0 amide bonds. The van der Waals surface area contributed by atoms with E-state index in [1.165, 1.54) is 0 Å². The van der Waals surface area contributed by atoms with Crippen molar-refractivity contribution in [3.63, 3.8) is 0 Å². The van der Waals surface area contributed by atoms with E-state index in [0.29, 0.717) is 12.7 Å². The maximum absolute atomic E-state index is 9.30. The molecular weight excluding hydrogens is 171 g/mol. The molecular formula is C8H21BO4. The second-order valence-electron chi connectivity index (χ2n) is 1.46. The second kappa shape index (κ2) is 30.2. The van der Waals surface area contributed by atoms with Crippen molar-refractivity contribution in [1.29, 1.82) is 0 Å². The highest BCUT2D eigenvalue weighted by Crippen LogP contribution is 1.71. The molecule has 13 heavy (non-hydrogen) atoms. The third kappa shape index (κ3) is 89.1. The zero-order valence-corrected chi connectivity index (χ0v) is 7.86. The van der Waals surface area contributed by atoms with Crippen molar-refractivity contribution in [2.45, 2.75) is 40.9 Å². The molecule has 2 N–H and O–H groups in total. The molecule has 5 heteroatoms. The van der Waals surface area contributed by atoms with Crippen molar-refractivity contribution in [3.8, 4) is 0 Å². The number of hydrogen-bond donors (Lipinski definition) is 2. The summed E-state index contributed by atoms with van der Waals surface area (Å²) >= 11 is 0. The first-order chi connectivity index (χ1) is 5.68. The zero-order chi connectivity index (χ0) is 10.4. The van der Waals surface area contributed by atoms with Crippen molar-refractivity contribution < 1.29 is 19.6 Å². The Balaban J connectivity index is -0.0000000512. The molecule has 0 bridgehead atoms. The standard InChI is InChI=1S/C3H6O.C2H5BO3.C2H6.CH4/c1-2-3-4;4-2-1-3(5)6;1-2;/h3H,2H2,1H3;2,5-6H,1H2;1-2H3;1H4. The van der Waals surface area contributed by atoms with Crippen LogP contribution in [0.25, 0.3) is 0 Å². The van der Waals surface area contributed by atoms with Crippen LogP contribution < -0.4 is 0 Å². The van der Waals surface area contributed by atoms with E-state index >= 15 is 0 Å². The van der Waals surface area contributed by atoms with E-state index < -0.39 is 7.12 Å². The minimum Gasteiger partial charge on any atom is -0.427 e. The third-order valence-corrected chi connectivity index (χ3v) is 0.474. The molecule has 0 fully saturated rings. The molecule has 0 aliphatic carbocycles. The van der Waals surface area contributed by atoms with Gasteiger partial charge in [0.05, 0.1) is 0 Å². The Kier molecular flexibility index (Phi) is 52.9. The van der Waals surface area contributed by atoms with E-state index in [1.54, 1.807) is 0 Å². The van der Waals surface area contributed by atoms with Gasteiger partial charge in [-0.05, 0) is 0 Å². The fraction of sp³-hybridized carbons (Fsp3) is 0.750. The first-order valence-corrected chi connectivity index (χ1v) is 3.92. The summed E-state index contributed by atoms with van der Waals surface area (Å²) in [6.07, 6.45) is 1.77. The van der Waals surface area contributed by atoms with Gasteiger partial charge < -0.3 is 19.6 Å². The van der Waals surface area contributed by atoms with Crippen LogP contribution in [0.1, 0.15) is 34.6 Å². The summed E-state index contributed by atoms with van der Waals surface area (Å²) in [5.41, 5.74) is 0. The highest BCUT2D eigenvalue weighted by atomic mass is 16.4. The molecule has 0 atom stereocenters. The molecule has 0 radical (unpaired) electrons. The molecule has 4 nitrogen and oxygen atoms in total. The number of rotatable bonds is 3. The average molecular weight is 192 g/mol. The van der Waals surface area contributed by atoms with Crippen molar-refractivity contribution in [2.75, 3.05) is 0 Å². The lowest BCUT2D eigenvalue weighted by Gasteiger charge is -1.81. The van der Waals surface area contributed by atoms with Crippen molar-refractivity contribution in [2.24, 2.45) is 0 Å². The van der Waals surface area contributed by atoms with Crippen molar-refractivity contribution in [3.05, 3.63) is 0 Å². The highest BCUT2D eigenvalue weighted by Gasteiger charge is 2.01. The van der Waals surface area contributed by atoms with Crippen LogP contribution in [0.5, 0.6) is 0 Å². The molecule has 0 heterocycles. The molecule has 80 valence electrons. The van der Waals surface area contributed by atoms with Crippen LogP contribution in [0, 0.1) is 0 Å². The molecule has 0 unspecified atom stereocenters. The Hall–Kier alpha value is -0.675. The lowest BCUT2D eigenvalue weighted by Crippen LogP contribution is -2.09. The molecule has 0 saturated carbocycles. The summed E-state index contributed by atoms with van der Waals surface area (Å²) in [5.74, 6) is 0. The van der Waals surface area contributed by atoms with Crippen molar-refractivity contribution in [1.82, 2.24) is 0 Å². The molecule has 0 aromatic heterocycles. The van der Waals surface area contributed by atoms with Gasteiger partial charge in [-0.1, -0.05) is 28.2 Å². The van der Waals surface area contributed by atoms with Gasteiger partial charge in [0.25, 0.3) is 0 Å². The van der Waals surface area contributed by atoms with Gasteiger partial charge in [0, 0.05) is 12.7 Å². The Bertz CT molecular complexity index is 86.2. The van der Waals surface area contributed by atoms with E-state index in [-0.39, 0.29) is 13.7 Å². The van der Waals surface area contributed by atoms with Crippen LogP contribution in [0.3, 0.4) is 0 Å². The maximum Gasteiger partial charge on any atom is 0.458 e. The zero-order valence-electron chi connectivity index (χ0n) is 7.86. The van der Waals surface area contributed by atoms with Gasteiger partial charge in [-0.15, -0.1) is 0 Å². The summed E-state index contributed by atoms with van der Waals surface area (Å²) in [6.45, 7) is 5.81. The quantitative estimate of drug-likeness (QED) is 0.514. The van der Waals surface area contributed by atoms with Crippen LogP contribution in [0.4, 0.5) is 0 Å². The topological polar surface area (TPSA) is 74.6 Å². The van der Waals surface area contributed by atoms with Gasteiger partial charge in [-0.25, -0.2) is 0 Å². The lowest BCUT2D eigenvalue weighted by molar-refractivity contribution is -0.107. The summed E-state index contributed by atoms with van der Waals surface area (Å²) in [4.78, 5) is 18.5. The van der Waals surface area contributed by atoms with Gasteiger partial charge >= 0.3 is 7.12 Å². The maximum atomic E-state index is 9.30. The lowest BCUT2D eigenvalue weighted by atomic mass is 9.88. The molecule has 0 spiro atoms. The molecule has 0 aromatic rings. The number of hydrogen-bond acceptors (Lipinski definition) is 4. The van der Waals surface area contributed by atoms with E-state index in [1.807, 2.05) is 20.8 Å². The van der Waals surface area contributed by atoms with E-state index in [4.69, 9.17) is 10.0 Å². The Morgan fingerprint density at radius 1 is 1.15 bits per heavy atom. The molecule has 0 aliphatic heterocycles. The van der Waals surface area contributed by atoms with Gasteiger partial charge in [0.2, 0.25) is 0 Å². The summed E-state index contributed by atoms with van der Waals surface area (Å²) in [7, 11) is -1.47. The minimum atomic E-state index is -1.47. The molecule has 0 aliphatic rings. The van der Waals surface area contributed by atoms with E-state index in [0.717, 1.165) is 6.29 Å². The first kappa shape index (κ1) is 22.8. The monoisotopic (exact) mass is 192 g/mol. The smallest absolute Gasteiger partial charge is 0.427 e. The SMILES string of the molecule is C.CC.CCC=O.O=CCB(O)O. The Labute approximate surface area is 81.1 Å². The van der Waals surface area contributed by atoms with Gasteiger partial charge in [0.1, 0.15) is 12.6 Å². The first-order valence-electron chi connectivity index (χ1n) is 3.92. The van der Waals surface area contributed by atoms with Gasteiger partial charge in [-0.2, -0.15) is 0 Å². The molecule has 0 aromatic carbocycles. The minimum absolute atomic E-state index is 0. The second-order valence-corrected chi connectivity index (χ2v) is 1.46. The number of carbonyl (C=O) groups is 2. The molecule has 0 saturated heterocycles. The number of aldehydes is 2. The highest BCUT2D eigenvalue weighted by molar-refractivity contribution is 6.44. The van der Waals surface area contributed by atoms with Crippen LogP contribution in [-0.4, -0.2) is 29.7 Å².